The number of hydrogen-bond donors (Lipinski definition) is 1. The third-order valence-electron chi connectivity index (χ3n) is 1.71. The molecule has 0 aliphatic rings. The first-order chi connectivity index (χ1) is 5.56. The Morgan fingerprint density at radius 3 is 2.33 bits per heavy atom. The number of rotatable bonds is 2. The molecule has 0 spiro atoms. The first-order valence-corrected chi connectivity index (χ1v) is 3.56. The van der Waals surface area contributed by atoms with Crippen LogP contribution in [0.25, 0.3) is 0 Å². The van der Waals surface area contributed by atoms with Crippen molar-refractivity contribution >= 4 is 5.69 Å². The van der Waals surface area contributed by atoms with E-state index in [2.05, 4.69) is 6.58 Å². The van der Waals surface area contributed by atoms with Gasteiger partial charge in [-0.15, -0.1) is 0 Å². The van der Waals surface area contributed by atoms with Gasteiger partial charge in [-0.2, -0.15) is 0 Å². The maximum atomic E-state index is 11.5. The third kappa shape index (κ3) is 1.64. The van der Waals surface area contributed by atoms with Gasteiger partial charge in [0.1, 0.15) is 11.4 Å². The molecule has 1 N–H and O–H groups in total. The van der Waals surface area contributed by atoms with Crippen LogP contribution in [0.4, 0.5) is 5.69 Å². The van der Waals surface area contributed by atoms with Crippen LogP contribution in [0.15, 0.2) is 37.0 Å². The van der Waals surface area contributed by atoms with Gasteiger partial charge in [0, 0.05) is 12.1 Å². The molecule has 0 aliphatic heterocycles. The Morgan fingerprint density at radius 2 is 1.92 bits per heavy atom. The molecule has 0 saturated heterocycles. The van der Waals surface area contributed by atoms with Gasteiger partial charge in [-0.05, 0) is 18.7 Å². The number of aromatic hydroxyl groups is 1. The Bertz CT molecular complexity index is 277. The molecule has 1 aromatic rings. The van der Waals surface area contributed by atoms with Crippen molar-refractivity contribution in [1.29, 1.82) is 0 Å². The molecule has 0 amide bonds. The summed E-state index contributed by atoms with van der Waals surface area (Å²) < 4.78 is -0.639. The fourth-order valence-corrected chi connectivity index (χ4v) is 0.854. The zero-order valence-electron chi connectivity index (χ0n) is 6.90. The van der Waals surface area contributed by atoms with E-state index in [0.717, 1.165) is 0 Å². The number of hydrogen-bond acceptors (Lipinski definition) is 2. The predicted octanol–water partition coefficient (Wildman–Crippen LogP) is 1.97. The van der Waals surface area contributed by atoms with E-state index in [9.17, 15) is 5.21 Å². The van der Waals surface area contributed by atoms with Crippen molar-refractivity contribution in [3.8, 4) is 5.75 Å². The lowest BCUT2D eigenvalue weighted by Crippen LogP contribution is -2.30. The lowest BCUT2D eigenvalue weighted by atomic mass is 10.3. The fourth-order valence-electron chi connectivity index (χ4n) is 0.854. The molecule has 3 heteroatoms. The summed E-state index contributed by atoms with van der Waals surface area (Å²) in [6, 6.07) is 6.11. The Labute approximate surface area is 71.3 Å². The van der Waals surface area contributed by atoms with E-state index in [0.29, 0.717) is 5.69 Å². The fraction of sp³-hybridized carbons (Fsp3) is 0.111. The number of quaternary nitrogens is 1. The number of phenolic OH excluding ortho intramolecular Hbond substituents is 1. The van der Waals surface area contributed by atoms with Crippen molar-refractivity contribution < 1.29 is 5.11 Å². The van der Waals surface area contributed by atoms with Crippen LogP contribution in [0.2, 0.25) is 0 Å². The lowest BCUT2D eigenvalue weighted by molar-refractivity contribution is 0.474. The van der Waals surface area contributed by atoms with Gasteiger partial charge < -0.3 is 15.0 Å². The largest absolute Gasteiger partial charge is 0.622 e. The summed E-state index contributed by atoms with van der Waals surface area (Å²) in [5.74, 6) is 0.155. The molecule has 0 saturated carbocycles. The van der Waals surface area contributed by atoms with Crippen LogP contribution in [-0.2, 0) is 0 Å². The monoisotopic (exact) mass is 165 g/mol. The summed E-state index contributed by atoms with van der Waals surface area (Å²) >= 11 is 0. The van der Waals surface area contributed by atoms with Gasteiger partial charge in [-0.1, -0.05) is 0 Å². The smallest absolute Gasteiger partial charge is 0.137 e. The van der Waals surface area contributed by atoms with Crippen molar-refractivity contribution in [2.75, 3.05) is 7.05 Å². The first kappa shape index (κ1) is 8.77. The predicted molar refractivity (Wildman–Crippen MR) is 49.4 cm³/mol. The van der Waals surface area contributed by atoms with Crippen molar-refractivity contribution in [1.82, 2.24) is 4.65 Å². The second-order valence-corrected chi connectivity index (χ2v) is 2.69. The second kappa shape index (κ2) is 2.97. The summed E-state index contributed by atoms with van der Waals surface area (Å²) in [4.78, 5) is 0. The normalized spacial score (nSPS) is 15.2. The summed E-state index contributed by atoms with van der Waals surface area (Å²) in [5, 5.41) is 20.5. The van der Waals surface area contributed by atoms with Gasteiger partial charge in [0.05, 0.1) is 13.2 Å². The Kier molecular flexibility index (Phi) is 2.17. The molecule has 1 aromatic carbocycles. The number of benzene rings is 1. The minimum Gasteiger partial charge on any atom is -0.622 e. The number of nitrogens with zero attached hydrogens (tertiary/aromatic N) is 1. The van der Waals surface area contributed by atoms with Gasteiger partial charge in [0.2, 0.25) is 0 Å². The van der Waals surface area contributed by atoms with Crippen LogP contribution in [-0.4, -0.2) is 12.2 Å². The molecule has 0 aromatic heterocycles. The average Bonchev–Trinajstić information content (AvgIpc) is 2.05. The summed E-state index contributed by atoms with van der Waals surface area (Å²) in [6.45, 7) is 3.43. The van der Waals surface area contributed by atoms with Crippen LogP contribution >= 0.6 is 0 Å². The highest BCUT2D eigenvalue weighted by atomic mass is 16.5. The lowest BCUT2D eigenvalue weighted by Gasteiger charge is -2.33. The van der Waals surface area contributed by atoms with Crippen LogP contribution < -0.4 is 4.65 Å². The Morgan fingerprint density at radius 1 is 1.42 bits per heavy atom. The maximum Gasteiger partial charge on any atom is 0.137 e. The van der Waals surface area contributed by atoms with Crippen molar-refractivity contribution in [3.63, 3.8) is 0 Å². The molecule has 0 aliphatic carbocycles. The molecule has 1 unspecified atom stereocenters. The quantitative estimate of drug-likeness (QED) is 0.537. The molecule has 1 rings (SSSR count). The average molecular weight is 165 g/mol. The molecule has 1 atom stereocenters. The van der Waals surface area contributed by atoms with E-state index in [1.54, 1.807) is 12.1 Å². The zero-order valence-corrected chi connectivity index (χ0v) is 6.90. The molecule has 0 heterocycles. The molecular formula is C9H11NO2. The molecule has 0 bridgehead atoms. The minimum absolute atomic E-state index is 0.155. The van der Waals surface area contributed by atoms with E-state index >= 15 is 0 Å². The molecule has 12 heavy (non-hydrogen) atoms. The number of hydroxylamine groups is 2. The molecule has 0 fully saturated rings. The van der Waals surface area contributed by atoms with E-state index < -0.39 is 4.65 Å². The van der Waals surface area contributed by atoms with Gasteiger partial charge >= 0.3 is 0 Å². The third-order valence-corrected chi connectivity index (χ3v) is 1.71. The highest BCUT2D eigenvalue weighted by Crippen LogP contribution is 2.22. The summed E-state index contributed by atoms with van der Waals surface area (Å²) in [7, 11) is 1.47. The van der Waals surface area contributed by atoms with Crippen LogP contribution in [0.5, 0.6) is 5.75 Å². The summed E-state index contributed by atoms with van der Waals surface area (Å²) in [5.41, 5.74) is 0.544. The van der Waals surface area contributed by atoms with Crippen LogP contribution in [0.1, 0.15) is 0 Å². The van der Waals surface area contributed by atoms with E-state index in [-0.39, 0.29) is 5.75 Å². The molecular weight excluding hydrogens is 154 g/mol. The SMILES string of the molecule is C=C[N+](C)([O-])c1ccc(O)cc1. The van der Waals surface area contributed by atoms with Gasteiger partial charge in [0.15, 0.2) is 0 Å². The van der Waals surface area contributed by atoms with Crippen molar-refractivity contribution in [2.45, 2.75) is 0 Å². The Balaban J connectivity index is 3.04. The first-order valence-electron chi connectivity index (χ1n) is 3.56. The van der Waals surface area contributed by atoms with Crippen LogP contribution in [0, 0.1) is 5.21 Å². The van der Waals surface area contributed by atoms with Crippen molar-refractivity contribution in [3.05, 3.63) is 42.3 Å². The Hall–Kier alpha value is -1.32. The molecule has 3 nitrogen and oxygen atoms in total. The molecule has 64 valence electrons. The second-order valence-electron chi connectivity index (χ2n) is 2.69. The molecule has 0 radical (unpaired) electrons. The minimum atomic E-state index is -0.639. The van der Waals surface area contributed by atoms with E-state index in [1.165, 1.54) is 25.4 Å². The standard InChI is InChI=1S/C9H11NO2/c1-3-10(2,12)8-4-6-9(11)7-5-8/h3-7,11H,1H2,2H3. The van der Waals surface area contributed by atoms with Crippen LogP contribution in [0.3, 0.4) is 0 Å². The highest BCUT2D eigenvalue weighted by molar-refractivity contribution is 5.47. The van der Waals surface area contributed by atoms with Gasteiger partial charge in [-0.3, -0.25) is 0 Å². The maximum absolute atomic E-state index is 11.5. The van der Waals surface area contributed by atoms with E-state index in [4.69, 9.17) is 5.11 Å². The topological polar surface area (TPSA) is 43.3 Å². The zero-order chi connectivity index (χ0) is 9.19. The van der Waals surface area contributed by atoms with Gasteiger partial charge in [0.25, 0.3) is 0 Å². The summed E-state index contributed by atoms with van der Waals surface area (Å²) in [6.07, 6.45) is 1.28. The van der Waals surface area contributed by atoms with E-state index in [1.807, 2.05) is 0 Å². The number of phenols is 1. The highest BCUT2D eigenvalue weighted by Gasteiger charge is 2.08. The van der Waals surface area contributed by atoms with Crippen molar-refractivity contribution in [2.24, 2.45) is 0 Å². The van der Waals surface area contributed by atoms with Gasteiger partial charge in [-0.25, -0.2) is 0 Å².